The minimum Gasteiger partial charge on any atom is -0.372 e. The van der Waals surface area contributed by atoms with E-state index in [2.05, 4.69) is 26.1 Å². The molecule has 0 aliphatic heterocycles. The zero-order valence-electron chi connectivity index (χ0n) is 13.8. The maximum absolute atomic E-state index is 12.0. The van der Waals surface area contributed by atoms with Gasteiger partial charge in [-0.15, -0.1) is 0 Å². The second-order valence-electron chi connectivity index (χ2n) is 5.76. The first-order chi connectivity index (χ1) is 9.92. The molecule has 0 saturated carbocycles. The number of nitrogens with one attached hydrogen (secondary N) is 1. The van der Waals surface area contributed by atoms with Gasteiger partial charge in [0.2, 0.25) is 0 Å². The molecule has 2 atom stereocenters. The molecule has 0 radical (unpaired) electrons. The number of unbranched alkanes of at least 4 members (excludes halogenated alkanes) is 1. The summed E-state index contributed by atoms with van der Waals surface area (Å²) in [7, 11) is 0. The van der Waals surface area contributed by atoms with Gasteiger partial charge in [0.15, 0.2) is 0 Å². The lowest BCUT2D eigenvalue weighted by molar-refractivity contribution is -0.174. The molecule has 0 aromatic heterocycles. The van der Waals surface area contributed by atoms with E-state index in [4.69, 9.17) is 4.74 Å². The summed E-state index contributed by atoms with van der Waals surface area (Å²) >= 11 is 0. The average Bonchev–Trinajstić information content (AvgIpc) is 2.43. The van der Waals surface area contributed by atoms with Crippen molar-refractivity contribution >= 4 is 0 Å². The summed E-state index contributed by atoms with van der Waals surface area (Å²) in [6.07, 6.45) is 3.26. The second-order valence-corrected chi connectivity index (χ2v) is 5.76. The Labute approximate surface area is 127 Å². The van der Waals surface area contributed by atoms with Crippen LogP contribution in [0.1, 0.15) is 65.7 Å². The third-order valence-electron chi connectivity index (χ3n) is 3.72. The molecule has 0 saturated heterocycles. The fourth-order valence-corrected chi connectivity index (χ4v) is 2.45. The molecule has 0 amide bonds. The van der Waals surface area contributed by atoms with Gasteiger partial charge in [0, 0.05) is 12.6 Å². The number of alkyl halides is 3. The second kappa shape index (κ2) is 12.3. The van der Waals surface area contributed by atoms with E-state index in [-0.39, 0.29) is 12.6 Å². The molecule has 0 fully saturated rings. The number of halogens is 3. The maximum Gasteiger partial charge on any atom is 0.411 e. The van der Waals surface area contributed by atoms with Crippen LogP contribution in [0.3, 0.4) is 0 Å². The molecule has 0 aliphatic carbocycles. The van der Waals surface area contributed by atoms with Crippen LogP contribution < -0.4 is 5.32 Å². The van der Waals surface area contributed by atoms with E-state index in [1.54, 1.807) is 0 Å². The van der Waals surface area contributed by atoms with Gasteiger partial charge in [-0.2, -0.15) is 13.2 Å². The van der Waals surface area contributed by atoms with Gasteiger partial charge in [-0.1, -0.05) is 46.5 Å². The van der Waals surface area contributed by atoms with Crippen LogP contribution in [0.2, 0.25) is 0 Å². The molecule has 0 bridgehead atoms. The Kier molecular flexibility index (Phi) is 12.1. The van der Waals surface area contributed by atoms with Crippen molar-refractivity contribution in [2.45, 2.75) is 77.9 Å². The van der Waals surface area contributed by atoms with Crippen molar-refractivity contribution in [3.63, 3.8) is 0 Å². The Balaban J connectivity index is 4.10. The zero-order chi connectivity index (χ0) is 16.1. The highest BCUT2D eigenvalue weighted by atomic mass is 19.4. The number of ether oxygens (including phenoxy) is 1. The molecule has 0 aromatic carbocycles. The quantitative estimate of drug-likeness (QED) is 0.487. The molecule has 0 aliphatic rings. The molecule has 21 heavy (non-hydrogen) atoms. The number of hydrogen-bond acceptors (Lipinski definition) is 2. The largest absolute Gasteiger partial charge is 0.411 e. The molecule has 1 N–H and O–H groups in total. The van der Waals surface area contributed by atoms with Crippen molar-refractivity contribution in [2.24, 2.45) is 5.92 Å². The molecule has 2 nitrogen and oxygen atoms in total. The van der Waals surface area contributed by atoms with Crippen LogP contribution in [0, 0.1) is 5.92 Å². The summed E-state index contributed by atoms with van der Waals surface area (Å²) in [4.78, 5) is 0. The van der Waals surface area contributed by atoms with Crippen molar-refractivity contribution < 1.29 is 17.9 Å². The fraction of sp³-hybridized carbons (Fsp3) is 1.00. The van der Waals surface area contributed by atoms with Crippen LogP contribution in [-0.4, -0.2) is 32.0 Å². The minimum atomic E-state index is -4.22. The first-order valence-corrected chi connectivity index (χ1v) is 8.30. The van der Waals surface area contributed by atoms with E-state index in [0.29, 0.717) is 12.3 Å². The standard InChI is InChI=1S/C16H32F3NO/c1-4-7-8-14(6-3)12-15(20-10-5-2)9-11-21-13-16(17,18)19/h14-15,20H,4-13H2,1-3H3. The molecule has 0 heterocycles. The van der Waals surface area contributed by atoms with Gasteiger partial charge in [-0.05, 0) is 31.7 Å². The molecule has 0 spiro atoms. The van der Waals surface area contributed by atoms with Crippen LogP contribution >= 0.6 is 0 Å². The maximum atomic E-state index is 12.0. The topological polar surface area (TPSA) is 21.3 Å². The normalized spacial score (nSPS) is 15.1. The van der Waals surface area contributed by atoms with Crippen LogP contribution in [0.4, 0.5) is 13.2 Å². The highest BCUT2D eigenvalue weighted by molar-refractivity contribution is 4.72. The van der Waals surface area contributed by atoms with Gasteiger partial charge in [0.1, 0.15) is 6.61 Å². The first-order valence-electron chi connectivity index (χ1n) is 8.30. The van der Waals surface area contributed by atoms with Crippen LogP contribution in [0.15, 0.2) is 0 Å². The molecule has 0 aromatic rings. The van der Waals surface area contributed by atoms with E-state index in [9.17, 15) is 13.2 Å². The predicted octanol–water partition coefficient (Wildman–Crippen LogP) is 4.93. The first kappa shape index (κ1) is 20.7. The van der Waals surface area contributed by atoms with Crippen molar-refractivity contribution in [3.05, 3.63) is 0 Å². The van der Waals surface area contributed by atoms with Gasteiger partial charge in [-0.25, -0.2) is 0 Å². The summed E-state index contributed by atoms with van der Waals surface area (Å²) in [5, 5.41) is 3.45. The van der Waals surface area contributed by atoms with Gasteiger partial charge < -0.3 is 10.1 Å². The Bertz CT molecular complexity index is 234. The van der Waals surface area contributed by atoms with E-state index >= 15 is 0 Å². The van der Waals surface area contributed by atoms with E-state index in [1.807, 2.05) is 0 Å². The lowest BCUT2D eigenvalue weighted by atomic mass is 9.91. The highest BCUT2D eigenvalue weighted by Crippen LogP contribution is 2.20. The molecule has 5 heteroatoms. The summed E-state index contributed by atoms with van der Waals surface area (Å²) < 4.78 is 40.9. The SMILES string of the molecule is CCCCC(CC)CC(CCOCC(F)(F)F)NCCC. The van der Waals surface area contributed by atoms with Crippen molar-refractivity contribution in [1.29, 1.82) is 0 Å². The van der Waals surface area contributed by atoms with Crippen LogP contribution in [-0.2, 0) is 4.74 Å². The molecule has 0 rings (SSSR count). The molecular formula is C16H32F3NO. The summed E-state index contributed by atoms with van der Waals surface area (Å²) in [5.41, 5.74) is 0. The fourth-order valence-electron chi connectivity index (χ4n) is 2.45. The van der Waals surface area contributed by atoms with Crippen LogP contribution in [0.25, 0.3) is 0 Å². The van der Waals surface area contributed by atoms with Gasteiger partial charge in [-0.3, -0.25) is 0 Å². The molecular weight excluding hydrogens is 279 g/mol. The Morgan fingerprint density at radius 2 is 1.76 bits per heavy atom. The lowest BCUT2D eigenvalue weighted by Gasteiger charge is -2.24. The van der Waals surface area contributed by atoms with E-state index in [1.165, 1.54) is 19.3 Å². The zero-order valence-corrected chi connectivity index (χ0v) is 13.8. The average molecular weight is 311 g/mol. The Morgan fingerprint density at radius 1 is 1.05 bits per heavy atom. The summed E-state index contributed by atoms with van der Waals surface area (Å²) in [5.74, 6) is 0.655. The summed E-state index contributed by atoms with van der Waals surface area (Å²) in [6.45, 7) is 6.42. The highest BCUT2D eigenvalue weighted by Gasteiger charge is 2.27. The smallest absolute Gasteiger partial charge is 0.372 e. The van der Waals surface area contributed by atoms with E-state index < -0.39 is 12.8 Å². The number of rotatable bonds is 13. The minimum absolute atomic E-state index is 0.172. The van der Waals surface area contributed by atoms with Gasteiger partial charge >= 0.3 is 6.18 Å². The third kappa shape index (κ3) is 13.1. The third-order valence-corrected chi connectivity index (χ3v) is 3.72. The Morgan fingerprint density at radius 3 is 2.29 bits per heavy atom. The van der Waals surface area contributed by atoms with Crippen molar-refractivity contribution in [3.8, 4) is 0 Å². The predicted molar refractivity (Wildman–Crippen MR) is 81.5 cm³/mol. The Hall–Kier alpha value is -0.290. The summed E-state index contributed by atoms with van der Waals surface area (Å²) in [6, 6.07) is 0.264. The van der Waals surface area contributed by atoms with Crippen molar-refractivity contribution in [1.82, 2.24) is 5.32 Å². The van der Waals surface area contributed by atoms with Gasteiger partial charge in [0.25, 0.3) is 0 Å². The lowest BCUT2D eigenvalue weighted by Crippen LogP contribution is -2.33. The number of hydrogen-bond donors (Lipinski definition) is 1. The monoisotopic (exact) mass is 311 g/mol. The van der Waals surface area contributed by atoms with Crippen molar-refractivity contribution in [2.75, 3.05) is 19.8 Å². The van der Waals surface area contributed by atoms with Crippen LogP contribution in [0.5, 0.6) is 0 Å². The van der Waals surface area contributed by atoms with Gasteiger partial charge in [0.05, 0.1) is 0 Å². The van der Waals surface area contributed by atoms with E-state index in [0.717, 1.165) is 25.8 Å². The molecule has 2 unspecified atom stereocenters. The molecule has 128 valence electrons.